The molecule has 3 aromatic rings. The molecule has 140 valence electrons. The van der Waals surface area contributed by atoms with Gasteiger partial charge in [-0.15, -0.1) is 0 Å². The van der Waals surface area contributed by atoms with Gasteiger partial charge in [0.15, 0.2) is 0 Å². The molecular formula is C22H27N5. The number of piperazine rings is 1. The third kappa shape index (κ3) is 4.04. The lowest BCUT2D eigenvalue weighted by molar-refractivity contribution is 0.181. The highest BCUT2D eigenvalue weighted by Gasteiger charge is 2.26. The molecule has 2 N–H and O–H groups in total. The average Bonchev–Trinajstić information content (AvgIpc) is 3.23. The fourth-order valence-corrected chi connectivity index (χ4v) is 3.81. The van der Waals surface area contributed by atoms with Crippen molar-refractivity contribution in [2.45, 2.75) is 6.04 Å². The Hall–Kier alpha value is -2.63. The normalized spacial score (nSPS) is 16.4. The summed E-state index contributed by atoms with van der Waals surface area (Å²) in [5, 5.41) is 3.35. The number of benzene rings is 2. The van der Waals surface area contributed by atoms with Crippen LogP contribution in [0, 0.1) is 0 Å². The third-order valence-electron chi connectivity index (χ3n) is 5.28. The van der Waals surface area contributed by atoms with Crippen LogP contribution in [0.4, 0.5) is 5.69 Å². The maximum absolute atomic E-state index is 4.63. The van der Waals surface area contributed by atoms with Crippen molar-refractivity contribution in [2.24, 2.45) is 0 Å². The molecule has 1 saturated heterocycles. The molecule has 0 bridgehead atoms. The molecule has 1 atom stereocenters. The summed E-state index contributed by atoms with van der Waals surface area (Å²) in [6, 6.07) is 21.3. The molecule has 0 aliphatic carbocycles. The van der Waals surface area contributed by atoms with Gasteiger partial charge in [-0.05, 0) is 19.2 Å². The van der Waals surface area contributed by atoms with Crippen molar-refractivity contribution in [2.75, 3.05) is 44.7 Å². The highest BCUT2D eigenvalue weighted by molar-refractivity contribution is 5.54. The Morgan fingerprint density at radius 1 is 0.963 bits per heavy atom. The zero-order valence-corrected chi connectivity index (χ0v) is 15.8. The lowest BCUT2D eigenvalue weighted by Gasteiger charge is -2.40. The number of hydrogen-bond donors (Lipinski definition) is 2. The summed E-state index contributed by atoms with van der Waals surface area (Å²) < 4.78 is 0. The summed E-state index contributed by atoms with van der Waals surface area (Å²) in [7, 11) is 2.02. The number of aromatic nitrogens is 2. The monoisotopic (exact) mass is 361 g/mol. The first-order valence-corrected chi connectivity index (χ1v) is 9.64. The van der Waals surface area contributed by atoms with Gasteiger partial charge >= 0.3 is 0 Å². The number of hydrogen-bond acceptors (Lipinski definition) is 4. The van der Waals surface area contributed by atoms with E-state index in [-0.39, 0.29) is 0 Å². The number of likely N-dealkylation sites (N-methyl/N-ethyl adjacent to an activating group) is 1. The highest BCUT2D eigenvalue weighted by atomic mass is 15.3. The van der Waals surface area contributed by atoms with Gasteiger partial charge in [0, 0.05) is 44.0 Å². The number of rotatable bonds is 6. The second kappa shape index (κ2) is 8.37. The van der Waals surface area contributed by atoms with Gasteiger partial charge in [0.2, 0.25) is 0 Å². The van der Waals surface area contributed by atoms with Gasteiger partial charge in [0.1, 0.15) is 5.82 Å². The smallest absolute Gasteiger partial charge is 0.137 e. The molecule has 1 aliphatic rings. The minimum atomic E-state index is 0.304. The van der Waals surface area contributed by atoms with Crippen LogP contribution in [-0.4, -0.2) is 54.6 Å². The highest BCUT2D eigenvalue weighted by Crippen LogP contribution is 2.25. The van der Waals surface area contributed by atoms with E-state index in [0.717, 1.165) is 44.1 Å². The summed E-state index contributed by atoms with van der Waals surface area (Å²) in [6.45, 7) is 5.08. The van der Waals surface area contributed by atoms with Gasteiger partial charge in [0.05, 0.1) is 17.9 Å². The van der Waals surface area contributed by atoms with Crippen LogP contribution in [0.2, 0.25) is 0 Å². The van der Waals surface area contributed by atoms with Crippen LogP contribution in [0.3, 0.4) is 0 Å². The predicted octanol–water partition coefficient (Wildman–Crippen LogP) is 3.16. The van der Waals surface area contributed by atoms with E-state index in [2.05, 4.69) is 67.5 Å². The molecule has 0 radical (unpaired) electrons. The molecule has 0 spiro atoms. The van der Waals surface area contributed by atoms with Crippen molar-refractivity contribution in [3.8, 4) is 11.4 Å². The van der Waals surface area contributed by atoms with Crippen LogP contribution in [0.5, 0.6) is 0 Å². The predicted molar refractivity (Wildman–Crippen MR) is 111 cm³/mol. The Morgan fingerprint density at radius 2 is 1.63 bits per heavy atom. The molecule has 1 aromatic heterocycles. The molecule has 27 heavy (non-hydrogen) atoms. The molecule has 2 aromatic carbocycles. The van der Waals surface area contributed by atoms with Crippen molar-refractivity contribution in [3.63, 3.8) is 0 Å². The Kier molecular flexibility index (Phi) is 5.51. The molecule has 5 nitrogen and oxygen atoms in total. The molecule has 1 fully saturated rings. The number of para-hydroxylation sites is 1. The van der Waals surface area contributed by atoms with E-state index in [1.54, 1.807) is 0 Å². The molecule has 1 unspecified atom stereocenters. The van der Waals surface area contributed by atoms with Crippen LogP contribution in [-0.2, 0) is 0 Å². The summed E-state index contributed by atoms with van der Waals surface area (Å²) in [6.07, 6.45) is 1.99. The van der Waals surface area contributed by atoms with Crippen molar-refractivity contribution < 1.29 is 0 Å². The van der Waals surface area contributed by atoms with E-state index in [0.29, 0.717) is 6.04 Å². The van der Waals surface area contributed by atoms with E-state index >= 15 is 0 Å². The summed E-state index contributed by atoms with van der Waals surface area (Å²) >= 11 is 0. The molecule has 5 heteroatoms. The van der Waals surface area contributed by atoms with Gasteiger partial charge < -0.3 is 15.2 Å². The molecular weight excluding hydrogens is 334 g/mol. The van der Waals surface area contributed by atoms with Crippen LogP contribution >= 0.6 is 0 Å². The summed E-state index contributed by atoms with van der Waals surface area (Å²) in [5.74, 6) is 0.939. The molecule has 1 aliphatic heterocycles. The number of nitrogens with zero attached hydrogens (tertiary/aromatic N) is 3. The molecule has 0 amide bonds. The SMILES string of the molecule is CNCC(c1cnc(-c2ccccc2)[nH]1)N1CCN(c2ccccc2)CC1. The standard InChI is InChI=1S/C22H27N5/c1-23-17-21(20-16-24-22(25-20)18-8-4-2-5-9-18)27-14-12-26(13-15-27)19-10-6-3-7-11-19/h2-11,16,21,23H,12-15,17H2,1H3,(H,24,25). The Labute approximate surface area is 161 Å². The largest absolute Gasteiger partial charge is 0.369 e. The van der Waals surface area contributed by atoms with Gasteiger partial charge in [0.25, 0.3) is 0 Å². The molecule has 0 saturated carbocycles. The fraction of sp³-hybridized carbons (Fsp3) is 0.318. The van der Waals surface area contributed by atoms with Gasteiger partial charge in [-0.2, -0.15) is 0 Å². The molecule has 2 heterocycles. The maximum Gasteiger partial charge on any atom is 0.137 e. The zero-order valence-electron chi connectivity index (χ0n) is 15.8. The number of imidazole rings is 1. The first kappa shape index (κ1) is 17.8. The van der Waals surface area contributed by atoms with Crippen molar-refractivity contribution in [1.82, 2.24) is 20.2 Å². The number of aromatic amines is 1. The summed E-state index contributed by atoms with van der Waals surface area (Å²) in [5.41, 5.74) is 3.62. The Bertz CT molecular complexity index is 822. The van der Waals surface area contributed by atoms with Crippen LogP contribution in [0.1, 0.15) is 11.7 Å². The summed E-state index contributed by atoms with van der Waals surface area (Å²) in [4.78, 5) is 13.2. The van der Waals surface area contributed by atoms with Crippen LogP contribution in [0.25, 0.3) is 11.4 Å². The first-order valence-electron chi connectivity index (χ1n) is 9.64. The second-order valence-electron chi connectivity index (χ2n) is 6.99. The maximum atomic E-state index is 4.63. The molecule has 4 rings (SSSR count). The average molecular weight is 361 g/mol. The number of nitrogens with one attached hydrogen (secondary N) is 2. The van der Waals surface area contributed by atoms with Crippen molar-refractivity contribution in [3.05, 3.63) is 72.6 Å². The second-order valence-corrected chi connectivity index (χ2v) is 6.99. The lowest BCUT2D eigenvalue weighted by Crippen LogP contribution is -2.49. The zero-order chi connectivity index (χ0) is 18.5. The first-order chi connectivity index (χ1) is 13.3. The van der Waals surface area contributed by atoms with E-state index in [1.807, 2.05) is 31.4 Å². The van der Waals surface area contributed by atoms with Crippen molar-refractivity contribution in [1.29, 1.82) is 0 Å². The fourth-order valence-electron chi connectivity index (χ4n) is 3.81. The van der Waals surface area contributed by atoms with E-state index in [1.165, 1.54) is 11.4 Å². The Morgan fingerprint density at radius 3 is 2.30 bits per heavy atom. The van der Waals surface area contributed by atoms with Crippen molar-refractivity contribution >= 4 is 5.69 Å². The number of anilines is 1. The van der Waals surface area contributed by atoms with Gasteiger partial charge in [-0.25, -0.2) is 4.98 Å². The van der Waals surface area contributed by atoms with Gasteiger partial charge in [-0.1, -0.05) is 48.5 Å². The van der Waals surface area contributed by atoms with Gasteiger partial charge in [-0.3, -0.25) is 4.90 Å². The lowest BCUT2D eigenvalue weighted by atomic mass is 10.1. The minimum Gasteiger partial charge on any atom is -0.369 e. The number of H-pyrrole nitrogens is 1. The quantitative estimate of drug-likeness (QED) is 0.708. The third-order valence-corrected chi connectivity index (χ3v) is 5.28. The van der Waals surface area contributed by atoms with E-state index < -0.39 is 0 Å². The van der Waals surface area contributed by atoms with E-state index in [4.69, 9.17) is 0 Å². The van der Waals surface area contributed by atoms with E-state index in [9.17, 15) is 0 Å². The Balaban J connectivity index is 1.47. The topological polar surface area (TPSA) is 47.2 Å². The minimum absolute atomic E-state index is 0.304. The van der Waals surface area contributed by atoms with Crippen LogP contribution in [0.15, 0.2) is 66.9 Å². The van der Waals surface area contributed by atoms with Crippen LogP contribution < -0.4 is 10.2 Å².